The summed E-state index contributed by atoms with van der Waals surface area (Å²) in [7, 11) is 0. The van der Waals surface area contributed by atoms with Gasteiger partial charge in [-0.2, -0.15) is 0 Å². The molecule has 1 heterocycles. The number of hydrogen-bond acceptors (Lipinski definition) is 4. The molecule has 12 saturated carbocycles. The van der Waals surface area contributed by atoms with E-state index in [-0.39, 0.29) is 23.7 Å². The highest BCUT2D eigenvalue weighted by Gasteiger charge is 2.66. The van der Waals surface area contributed by atoms with Crippen molar-refractivity contribution in [3.8, 4) is 100 Å². The first-order valence-electron chi connectivity index (χ1n) is 55.2. The van der Waals surface area contributed by atoms with Gasteiger partial charge in [0.2, 0.25) is 0 Å². The van der Waals surface area contributed by atoms with Gasteiger partial charge in [-0.15, -0.1) is 0 Å². The molecule has 19 aromatic carbocycles. The summed E-state index contributed by atoms with van der Waals surface area (Å²) in [5, 5.41) is 2.30. The zero-order valence-corrected chi connectivity index (χ0v) is 83.7. The van der Waals surface area contributed by atoms with Crippen LogP contribution in [0.15, 0.2) is 472 Å². The summed E-state index contributed by atoms with van der Waals surface area (Å²) in [5.74, 6) is 9.93. The van der Waals surface area contributed by atoms with Gasteiger partial charge in [-0.3, -0.25) is 0 Å². The van der Waals surface area contributed by atoms with Crippen molar-refractivity contribution in [2.24, 2.45) is 71.0 Å². The predicted molar refractivity (Wildman–Crippen MR) is 620 cm³/mol. The number of rotatable bonds is 15. The van der Waals surface area contributed by atoms with E-state index in [1.54, 1.807) is 33.4 Å². The van der Waals surface area contributed by atoms with E-state index >= 15 is 0 Å². The molecule has 149 heavy (non-hydrogen) atoms. The van der Waals surface area contributed by atoms with Crippen LogP contribution in [0.2, 0.25) is 0 Å². The average Bonchev–Trinajstić information content (AvgIpc) is 1.52. The molecular weight excluding hydrogens is 1800 g/mol. The third-order valence-electron chi connectivity index (χ3n) is 38.4. The van der Waals surface area contributed by atoms with Gasteiger partial charge in [-0.1, -0.05) is 390 Å². The molecule has 724 valence electrons. The van der Waals surface area contributed by atoms with Gasteiger partial charge in [-0.05, 0) is 352 Å². The molecule has 0 aliphatic heterocycles. The van der Waals surface area contributed by atoms with E-state index in [0.29, 0.717) is 0 Å². The molecule has 20 aromatic rings. The van der Waals surface area contributed by atoms with Gasteiger partial charge in [0.1, 0.15) is 11.2 Å². The molecule has 15 aliphatic rings. The maximum atomic E-state index is 6.32. The van der Waals surface area contributed by atoms with Crippen LogP contribution in [0.3, 0.4) is 0 Å². The molecule has 3 spiro atoms. The van der Waals surface area contributed by atoms with E-state index < -0.39 is 0 Å². The smallest absolute Gasteiger partial charge is 0.135 e. The van der Waals surface area contributed by atoms with Crippen LogP contribution in [0.1, 0.15) is 137 Å². The summed E-state index contributed by atoms with van der Waals surface area (Å²) < 4.78 is 6.32. The monoisotopic (exact) mass is 1920 g/mol. The molecule has 0 atom stereocenters. The minimum atomic E-state index is 0. The lowest BCUT2D eigenvalue weighted by Crippen LogP contribution is -2.55. The van der Waals surface area contributed by atoms with Gasteiger partial charge < -0.3 is 19.1 Å². The van der Waals surface area contributed by atoms with Gasteiger partial charge >= 0.3 is 0 Å². The minimum absolute atomic E-state index is 0. The molecule has 1 aromatic heterocycles. The first-order valence-corrected chi connectivity index (χ1v) is 55.2. The Bertz CT molecular complexity index is 8420. The highest BCUT2D eigenvalue weighted by molar-refractivity contribution is 6.09. The Morgan fingerprint density at radius 2 is 0.416 bits per heavy atom. The molecule has 0 amide bonds. The summed E-state index contributed by atoms with van der Waals surface area (Å²) in [6.45, 7) is 0. The van der Waals surface area contributed by atoms with Crippen molar-refractivity contribution < 1.29 is 4.42 Å². The number of hydrogen-bond donors (Lipinski definition) is 0. The van der Waals surface area contributed by atoms with E-state index in [1.165, 1.54) is 242 Å². The van der Waals surface area contributed by atoms with E-state index in [2.05, 4.69) is 482 Å². The molecule has 12 fully saturated rings. The fourth-order valence-electron chi connectivity index (χ4n) is 33.5. The predicted octanol–water partition coefficient (Wildman–Crippen LogP) is 39.2. The first kappa shape index (κ1) is 89.8. The van der Waals surface area contributed by atoms with Crippen LogP contribution in [0.4, 0.5) is 51.2 Å². The first-order chi connectivity index (χ1) is 73.3. The molecule has 4 heteroatoms. The van der Waals surface area contributed by atoms with E-state index in [1.807, 2.05) is 0 Å². The number of furan rings is 1. The van der Waals surface area contributed by atoms with Crippen LogP contribution < -0.4 is 14.7 Å². The zero-order chi connectivity index (χ0) is 97.3. The number of para-hydroxylation sites is 4. The van der Waals surface area contributed by atoms with Gasteiger partial charge in [0.15, 0.2) is 0 Å². The molecule has 0 N–H and O–H groups in total. The number of benzene rings is 19. The van der Waals surface area contributed by atoms with Crippen LogP contribution >= 0.6 is 0 Å². The maximum Gasteiger partial charge on any atom is 0.135 e. The van der Waals surface area contributed by atoms with Crippen molar-refractivity contribution in [2.45, 2.75) is 120 Å². The average molecular weight is 1920 g/mol. The van der Waals surface area contributed by atoms with E-state index in [4.69, 9.17) is 4.42 Å². The lowest BCUT2D eigenvalue weighted by molar-refractivity contribution is -0.0399. The normalized spacial score (nSPS) is 24.0. The van der Waals surface area contributed by atoms with Crippen molar-refractivity contribution in [2.75, 3.05) is 14.7 Å². The Morgan fingerprint density at radius 1 is 0.168 bits per heavy atom. The van der Waals surface area contributed by atoms with E-state index in [9.17, 15) is 0 Å². The number of nitrogens with zero attached hydrogens (tertiary/aromatic N) is 3. The third kappa shape index (κ3) is 14.2. The maximum absolute atomic E-state index is 6.32. The van der Waals surface area contributed by atoms with Crippen molar-refractivity contribution in [1.29, 1.82) is 0 Å². The van der Waals surface area contributed by atoms with Crippen LogP contribution in [0, 0.1) is 71.0 Å². The van der Waals surface area contributed by atoms with Gasteiger partial charge in [0, 0.05) is 77.5 Å². The van der Waals surface area contributed by atoms with Crippen LogP contribution in [-0.2, 0) is 16.2 Å². The molecule has 0 saturated heterocycles. The van der Waals surface area contributed by atoms with Crippen molar-refractivity contribution in [3.63, 3.8) is 0 Å². The van der Waals surface area contributed by atoms with Crippen molar-refractivity contribution in [1.82, 2.24) is 0 Å². The van der Waals surface area contributed by atoms with Gasteiger partial charge in [0.05, 0.1) is 34.1 Å². The van der Waals surface area contributed by atoms with Crippen molar-refractivity contribution in [3.05, 3.63) is 500 Å². The van der Waals surface area contributed by atoms with Crippen LogP contribution in [0.5, 0.6) is 0 Å². The van der Waals surface area contributed by atoms with Gasteiger partial charge in [-0.25, -0.2) is 0 Å². The van der Waals surface area contributed by atoms with Crippen molar-refractivity contribution >= 4 is 73.1 Å². The molecule has 0 unspecified atom stereocenters. The highest BCUT2D eigenvalue weighted by Crippen LogP contribution is 2.75. The second-order valence-corrected chi connectivity index (χ2v) is 45.6. The molecule has 12 bridgehead atoms. The fraction of sp³-hybridized carbons (Fsp3) is 0.214. The second-order valence-electron chi connectivity index (χ2n) is 45.6. The summed E-state index contributed by atoms with van der Waals surface area (Å²) in [5.41, 5.74) is 46.2. The molecular formula is C145H123N3O. The van der Waals surface area contributed by atoms with E-state index in [0.717, 1.165) is 98.6 Å². The molecule has 15 aliphatic carbocycles. The quantitative estimate of drug-likeness (QED) is 0.102. The van der Waals surface area contributed by atoms with Gasteiger partial charge in [0.25, 0.3) is 0 Å². The summed E-state index contributed by atoms with van der Waals surface area (Å²) in [6.07, 6.45) is 21.1. The zero-order valence-electron chi connectivity index (χ0n) is 83.7. The number of fused-ring (bicyclic) bond motifs is 12. The third-order valence-corrected chi connectivity index (χ3v) is 38.4. The fourth-order valence-corrected chi connectivity index (χ4v) is 33.5. The Balaban J connectivity index is 0.000000105. The van der Waals surface area contributed by atoms with Crippen LogP contribution in [0.25, 0.3) is 122 Å². The summed E-state index contributed by atoms with van der Waals surface area (Å²) in [4.78, 5) is 7.68. The summed E-state index contributed by atoms with van der Waals surface area (Å²) in [6, 6.07) is 174. The topological polar surface area (TPSA) is 22.9 Å². The Hall–Kier alpha value is -15.6. The SMILES string of the molecule is C.c1ccc(-c2ccc(-c3ccc(N(c4ccccc4-c4ccccc4)c4cccc5c4-c4ccccc4C54C5CC6CC(C5)CC4C6)cc3)cc2)cc1.c1ccc(-c2cccc(N(c3ccccc3-c3ccccc3)c3cccc4c3-c3ccccc3C43C4CC5CC(C4)CC3C5)c2)cc1.c1ccc(-c2ccccc2N(c2ccc3oc4ccccc4c3c2)c2cccc3c2-c2ccccc2C32C3CC4CC(C3)CC2C4)cc1. The summed E-state index contributed by atoms with van der Waals surface area (Å²) >= 11 is 0. The Labute approximate surface area is 877 Å². The minimum Gasteiger partial charge on any atom is -0.456 e. The van der Waals surface area contributed by atoms with Crippen LogP contribution in [-0.4, -0.2) is 0 Å². The number of anilines is 9. The second kappa shape index (κ2) is 36.2. The molecule has 0 radical (unpaired) electrons. The highest BCUT2D eigenvalue weighted by atomic mass is 16.3. The molecule has 35 rings (SSSR count). The lowest BCUT2D eigenvalue weighted by Gasteiger charge is -2.61. The standard InChI is InChI=1S/C52H43N.C46H37NO.C46H39N.CH4/c1-3-12-37(13-4-1)38-22-24-39(25-23-38)40-26-28-44(29-27-40)53(49-20-10-8-16-45(49)41-14-5-2-6-15-41)50-21-11-19-48-51(50)46-17-7-9-18-47(46)52(48)42-31-35-30-36(33-42)34-43(52)32-35;1-2-11-31(12-3-1)35-13-5-8-18-41(35)47(34-21-22-44-38(28-34)36-14-6-9-20-43(36)48-44)42-19-10-17-40-45(42)37-15-4-7-16-39(37)46(40)32-24-29-23-30(26-32)27-33(46)25-29;1-3-13-33(14-4-1)35-17-11-18-38(30-35)47(43-23-10-8-19-39(43)34-15-5-2-6-16-34)44-24-12-22-42-45(44)40-20-7-9-21-41(40)46(42)36-26-31-25-32(28-36)29-37(46)27-31;/h1-29,35-36,42-43H,30-34H2;1-22,28-30,32-33H,23-27H2;1-24,30-32,36-37H,25-29H2;1H4. The molecule has 4 nitrogen and oxygen atoms in total. The largest absolute Gasteiger partial charge is 0.456 e. The Morgan fingerprint density at radius 3 is 0.785 bits per heavy atom. The lowest BCUT2D eigenvalue weighted by atomic mass is 9.43. The Kier molecular flexibility index (Phi) is 21.8.